The van der Waals surface area contributed by atoms with Gasteiger partial charge in [-0.3, -0.25) is 0 Å². The zero-order valence-corrected chi connectivity index (χ0v) is 18.0. The number of aryl methyl sites for hydroxylation is 1. The van der Waals surface area contributed by atoms with E-state index in [1.165, 1.54) is 12.8 Å². The smallest absolute Gasteiger partial charge is 0.335 e. The maximum Gasteiger partial charge on any atom is 0.335 e. The molecule has 0 saturated carbocycles. The molecule has 0 bridgehead atoms. The summed E-state index contributed by atoms with van der Waals surface area (Å²) in [5.41, 5.74) is 3.90. The number of rotatable bonds is 3. The Labute approximate surface area is 171 Å². The average molecular weight is 408 g/mol. The zero-order valence-electron chi connectivity index (χ0n) is 16.5. The number of benzene rings is 2. The molecule has 2 N–H and O–H groups in total. The van der Waals surface area contributed by atoms with E-state index in [1.54, 1.807) is 30.3 Å². The third kappa shape index (κ3) is 6.02. The number of H-pyrrole nitrogens is 1. The summed E-state index contributed by atoms with van der Waals surface area (Å²) in [5, 5.41) is 11.0. The molecule has 1 aromatic heterocycles. The number of hydrogen-bond donors (Lipinski definition) is 2. The van der Waals surface area contributed by atoms with E-state index in [0.717, 1.165) is 27.7 Å². The molecule has 2 aromatic carbocycles. The van der Waals surface area contributed by atoms with Crippen molar-refractivity contribution >= 4 is 40.1 Å². The average Bonchev–Trinajstić information content (AvgIpc) is 3.06. The van der Waals surface area contributed by atoms with E-state index >= 15 is 0 Å². The zero-order chi connectivity index (χ0) is 20.6. The second-order valence-corrected chi connectivity index (χ2v) is 6.69. The summed E-state index contributed by atoms with van der Waals surface area (Å²) in [6.45, 7) is 10.2. The predicted molar refractivity (Wildman–Crippen MR) is 117 cm³/mol. The van der Waals surface area contributed by atoms with Gasteiger partial charge in [-0.25, -0.2) is 4.79 Å². The van der Waals surface area contributed by atoms with Gasteiger partial charge in [-0.2, -0.15) is 0 Å². The Balaban J connectivity index is 0.000000541. The second-order valence-electron chi connectivity index (χ2n) is 5.87. The highest BCUT2D eigenvalue weighted by molar-refractivity contribution is 6.42. The molecule has 0 aliphatic rings. The molecule has 146 valence electrons. The molecule has 0 saturated heterocycles. The van der Waals surface area contributed by atoms with Crippen LogP contribution in [0, 0.1) is 6.92 Å². The maximum atomic E-state index is 11.0. The molecule has 0 unspecified atom stereocenters. The van der Waals surface area contributed by atoms with Crippen molar-refractivity contribution in [3.8, 4) is 11.3 Å². The van der Waals surface area contributed by atoms with E-state index in [-0.39, 0.29) is 5.56 Å². The van der Waals surface area contributed by atoms with Gasteiger partial charge in [-0.1, -0.05) is 69.8 Å². The Bertz CT molecular complexity index is 860. The first-order valence-corrected chi connectivity index (χ1v) is 9.95. The summed E-state index contributed by atoms with van der Waals surface area (Å²) in [6.07, 6.45) is 2.64. The largest absolute Gasteiger partial charge is 0.478 e. The third-order valence-electron chi connectivity index (χ3n) is 3.93. The van der Waals surface area contributed by atoms with E-state index in [4.69, 9.17) is 28.3 Å². The molecule has 1 heterocycles. The Morgan fingerprint density at radius 1 is 1.00 bits per heavy atom. The number of carboxylic acids is 1. The van der Waals surface area contributed by atoms with Crippen LogP contribution in [0.2, 0.25) is 10.0 Å². The minimum absolute atomic E-state index is 0.276. The fourth-order valence-electron chi connectivity index (χ4n) is 2.37. The van der Waals surface area contributed by atoms with E-state index in [9.17, 15) is 4.79 Å². The molecule has 0 atom stereocenters. The lowest BCUT2D eigenvalue weighted by molar-refractivity contribution is 0.0697. The van der Waals surface area contributed by atoms with Crippen LogP contribution in [0.1, 0.15) is 56.5 Å². The Morgan fingerprint density at radius 3 is 2.11 bits per heavy atom. The molecule has 0 radical (unpaired) electrons. The maximum absolute atomic E-state index is 11.0. The van der Waals surface area contributed by atoms with E-state index in [2.05, 4.69) is 18.8 Å². The van der Waals surface area contributed by atoms with Crippen LogP contribution >= 0.6 is 23.2 Å². The third-order valence-corrected chi connectivity index (χ3v) is 4.65. The topological polar surface area (TPSA) is 53.1 Å². The lowest BCUT2D eigenvalue weighted by Crippen LogP contribution is -1.97. The summed E-state index contributed by atoms with van der Waals surface area (Å²) in [6, 6.07) is 10.6. The first-order chi connectivity index (χ1) is 12.9. The monoisotopic (exact) mass is 407 g/mol. The van der Waals surface area contributed by atoms with Gasteiger partial charge in [-0.05, 0) is 42.8 Å². The number of carbonyl (C=O) groups is 1. The van der Waals surface area contributed by atoms with Crippen molar-refractivity contribution in [2.24, 2.45) is 0 Å². The van der Waals surface area contributed by atoms with Crippen LogP contribution in [0.3, 0.4) is 0 Å². The Hall–Kier alpha value is -1.97. The number of aromatic carboxylic acids is 1. The van der Waals surface area contributed by atoms with Gasteiger partial charge in [0.05, 0.1) is 15.6 Å². The standard InChI is InChI=1S/C16H11Cl2NO2.C4H10.C2H6/c1-8-4-9(16(20)21)2-3-11(8)15-6-10-5-12(17)13(18)7-14(10)19-15;1-3-4-2;1-2/h2-7,19H,1H3,(H,20,21);3-4H2,1-2H3;1-2H3. The molecule has 3 nitrogen and oxygen atoms in total. The number of aromatic amines is 1. The molecular weight excluding hydrogens is 381 g/mol. The SMILES string of the molecule is CC.CCCC.Cc1cc(C(=O)O)ccc1-c1cc2cc(Cl)c(Cl)cc2[nH]1. The van der Waals surface area contributed by atoms with Crippen molar-refractivity contribution in [2.75, 3.05) is 0 Å². The Morgan fingerprint density at radius 2 is 1.59 bits per heavy atom. The number of hydrogen-bond acceptors (Lipinski definition) is 1. The van der Waals surface area contributed by atoms with Crippen LogP contribution in [0.25, 0.3) is 22.2 Å². The second kappa shape index (κ2) is 11.0. The summed E-state index contributed by atoms with van der Waals surface area (Å²) >= 11 is 12.0. The molecule has 0 aliphatic carbocycles. The molecule has 0 amide bonds. The van der Waals surface area contributed by atoms with Gasteiger partial charge >= 0.3 is 5.97 Å². The summed E-state index contributed by atoms with van der Waals surface area (Å²) in [4.78, 5) is 14.3. The quantitative estimate of drug-likeness (QED) is 0.462. The first-order valence-electron chi connectivity index (χ1n) is 9.19. The van der Waals surface area contributed by atoms with Crippen molar-refractivity contribution in [2.45, 2.75) is 47.5 Å². The van der Waals surface area contributed by atoms with Gasteiger partial charge in [0.1, 0.15) is 0 Å². The molecule has 0 spiro atoms. The lowest BCUT2D eigenvalue weighted by Gasteiger charge is -2.04. The van der Waals surface area contributed by atoms with Gasteiger partial charge in [0.2, 0.25) is 0 Å². The van der Waals surface area contributed by atoms with Crippen LogP contribution in [0.15, 0.2) is 36.4 Å². The highest BCUT2D eigenvalue weighted by atomic mass is 35.5. The number of fused-ring (bicyclic) bond motifs is 1. The molecular formula is C22H27Cl2NO2. The minimum atomic E-state index is -0.931. The fourth-order valence-corrected chi connectivity index (χ4v) is 2.71. The minimum Gasteiger partial charge on any atom is -0.478 e. The van der Waals surface area contributed by atoms with Crippen LogP contribution in [-0.2, 0) is 0 Å². The van der Waals surface area contributed by atoms with Crippen LogP contribution in [0.5, 0.6) is 0 Å². The molecule has 0 fully saturated rings. The molecule has 5 heteroatoms. The number of nitrogens with one attached hydrogen (secondary N) is 1. The molecule has 3 rings (SSSR count). The normalized spacial score (nSPS) is 9.89. The van der Waals surface area contributed by atoms with Crippen molar-refractivity contribution in [3.05, 3.63) is 57.6 Å². The van der Waals surface area contributed by atoms with Crippen molar-refractivity contribution in [1.29, 1.82) is 0 Å². The highest BCUT2D eigenvalue weighted by Crippen LogP contribution is 2.32. The summed E-state index contributed by atoms with van der Waals surface area (Å²) < 4.78 is 0. The molecule has 3 aromatic rings. The summed E-state index contributed by atoms with van der Waals surface area (Å²) in [7, 11) is 0. The predicted octanol–water partition coefficient (Wildman–Crippen LogP) is 7.98. The molecule has 27 heavy (non-hydrogen) atoms. The number of aromatic nitrogens is 1. The molecule has 0 aliphatic heterocycles. The number of halogens is 2. The summed E-state index contributed by atoms with van der Waals surface area (Å²) in [5.74, 6) is -0.931. The highest BCUT2D eigenvalue weighted by Gasteiger charge is 2.10. The number of carboxylic acid groups (broad SMARTS) is 1. The van der Waals surface area contributed by atoms with E-state index in [0.29, 0.717) is 10.0 Å². The lowest BCUT2D eigenvalue weighted by atomic mass is 10.0. The van der Waals surface area contributed by atoms with Crippen LogP contribution in [0.4, 0.5) is 0 Å². The van der Waals surface area contributed by atoms with Crippen molar-refractivity contribution in [1.82, 2.24) is 4.98 Å². The van der Waals surface area contributed by atoms with Crippen LogP contribution < -0.4 is 0 Å². The van der Waals surface area contributed by atoms with Crippen molar-refractivity contribution < 1.29 is 9.90 Å². The number of unbranched alkanes of at least 4 members (excludes halogenated alkanes) is 1. The van der Waals surface area contributed by atoms with Crippen molar-refractivity contribution in [3.63, 3.8) is 0 Å². The van der Waals surface area contributed by atoms with Gasteiger partial charge in [0, 0.05) is 22.2 Å². The van der Waals surface area contributed by atoms with Gasteiger partial charge in [0.25, 0.3) is 0 Å². The first kappa shape index (κ1) is 23.1. The van der Waals surface area contributed by atoms with Gasteiger partial charge in [-0.15, -0.1) is 0 Å². The van der Waals surface area contributed by atoms with E-state index in [1.807, 2.05) is 26.8 Å². The Kier molecular flexibility index (Phi) is 9.40. The van der Waals surface area contributed by atoms with Gasteiger partial charge < -0.3 is 10.1 Å². The van der Waals surface area contributed by atoms with Crippen LogP contribution in [-0.4, -0.2) is 16.1 Å². The fraction of sp³-hybridized carbons (Fsp3) is 0.318. The van der Waals surface area contributed by atoms with Gasteiger partial charge in [0.15, 0.2) is 0 Å². The van der Waals surface area contributed by atoms with E-state index < -0.39 is 5.97 Å².